The zero-order valence-electron chi connectivity index (χ0n) is 13.9. The van der Waals surface area contributed by atoms with Gasteiger partial charge in [-0.1, -0.05) is 24.3 Å². The smallest absolute Gasteiger partial charge is 0.354 e. The van der Waals surface area contributed by atoms with Gasteiger partial charge in [0.15, 0.2) is 17.0 Å². The second kappa shape index (κ2) is 5.92. The summed E-state index contributed by atoms with van der Waals surface area (Å²) in [6.07, 6.45) is -0.221. The van der Waals surface area contributed by atoms with E-state index in [-0.39, 0.29) is 17.0 Å². The Morgan fingerprint density at radius 2 is 2.00 bits per heavy atom. The van der Waals surface area contributed by atoms with E-state index >= 15 is 0 Å². The van der Waals surface area contributed by atoms with Crippen molar-refractivity contribution in [3.8, 4) is 0 Å². The standard InChI is InChI=1S/C18H16N4O4/c1-9-6-13(18(25)26)19-15-8-12(21-22(9)15)17(24)20-16-11-5-3-2-4-10(11)7-14(16)23/h2-6,8,14,16,23H,7H2,1H3,(H,20,24)(H,25,26)/t14-,16+/m0/s1. The molecule has 0 spiro atoms. The second-order valence-corrected chi connectivity index (χ2v) is 6.31. The Labute approximate surface area is 148 Å². The molecule has 1 aliphatic rings. The lowest BCUT2D eigenvalue weighted by atomic mass is 10.1. The number of amides is 1. The van der Waals surface area contributed by atoms with Crippen molar-refractivity contribution in [1.82, 2.24) is 19.9 Å². The zero-order chi connectivity index (χ0) is 18.4. The Hall–Kier alpha value is -3.26. The average Bonchev–Trinajstić information content (AvgIpc) is 3.17. The number of benzene rings is 1. The molecule has 0 saturated carbocycles. The number of aryl methyl sites for hydroxylation is 1. The Kier molecular flexibility index (Phi) is 3.69. The Morgan fingerprint density at radius 1 is 1.23 bits per heavy atom. The first-order valence-corrected chi connectivity index (χ1v) is 8.11. The SMILES string of the molecule is Cc1cc(C(=O)O)nc2cc(C(=O)N[C@@H]3c4ccccc4C[C@@H]3O)nn12. The van der Waals surface area contributed by atoms with Crippen LogP contribution in [0.25, 0.3) is 5.65 Å². The maximum absolute atomic E-state index is 12.6. The van der Waals surface area contributed by atoms with E-state index in [0.717, 1.165) is 11.1 Å². The predicted molar refractivity (Wildman–Crippen MR) is 91.0 cm³/mol. The Balaban J connectivity index is 1.65. The van der Waals surface area contributed by atoms with Crippen LogP contribution >= 0.6 is 0 Å². The summed E-state index contributed by atoms with van der Waals surface area (Å²) in [6, 6.07) is 9.88. The first-order chi connectivity index (χ1) is 12.4. The minimum atomic E-state index is -1.14. The van der Waals surface area contributed by atoms with E-state index in [9.17, 15) is 14.7 Å². The normalized spacial score (nSPS) is 18.7. The molecule has 8 nitrogen and oxygen atoms in total. The van der Waals surface area contributed by atoms with Gasteiger partial charge in [-0.15, -0.1) is 0 Å². The molecule has 0 unspecified atom stereocenters. The topological polar surface area (TPSA) is 117 Å². The molecule has 2 aromatic heterocycles. The number of aliphatic hydroxyl groups excluding tert-OH is 1. The Bertz CT molecular complexity index is 1040. The molecule has 3 aromatic rings. The van der Waals surface area contributed by atoms with Gasteiger partial charge in [-0.2, -0.15) is 5.10 Å². The van der Waals surface area contributed by atoms with Crippen LogP contribution < -0.4 is 5.32 Å². The van der Waals surface area contributed by atoms with Gasteiger partial charge >= 0.3 is 5.97 Å². The van der Waals surface area contributed by atoms with E-state index in [1.165, 1.54) is 16.6 Å². The lowest BCUT2D eigenvalue weighted by Gasteiger charge is -2.17. The summed E-state index contributed by atoms with van der Waals surface area (Å²) in [5, 5.41) is 26.4. The number of carboxylic acids is 1. The Morgan fingerprint density at radius 3 is 2.77 bits per heavy atom. The van der Waals surface area contributed by atoms with Crippen LogP contribution in [0.2, 0.25) is 0 Å². The number of rotatable bonds is 3. The largest absolute Gasteiger partial charge is 0.477 e. The molecule has 0 fully saturated rings. The molecule has 1 aromatic carbocycles. The van der Waals surface area contributed by atoms with Gasteiger partial charge in [0.05, 0.1) is 12.1 Å². The van der Waals surface area contributed by atoms with Crippen molar-refractivity contribution in [2.75, 3.05) is 0 Å². The number of fused-ring (bicyclic) bond motifs is 2. The highest BCUT2D eigenvalue weighted by Gasteiger charge is 2.32. The number of carboxylic acid groups (broad SMARTS) is 1. The highest BCUT2D eigenvalue weighted by molar-refractivity contribution is 5.94. The van der Waals surface area contributed by atoms with Crippen molar-refractivity contribution in [3.63, 3.8) is 0 Å². The lowest BCUT2D eigenvalue weighted by molar-refractivity contribution is 0.0690. The first kappa shape index (κ1) is 16.2. The summed E-state index contributed by atoms with van der Waals surface area (Å²) in [4.78, 5) is 27.7. The zero-order valence-corrected chi connectivity index (χ0v) is 13.9. The maximum atomic E-state index is 12.6. The number of aliphatic hydroxyl groups is 1. The molecular weight excluding hydrogens is 336 g/mol. The molecule has 0 aliphatic heterocycles. The van der Waals surface area contributed by atoms with Crippen molar-refractivity contribution < 1.29 is 19.8 Å². The number of nitrogens with zero attached hydrogens (tertiary/aromatic N) is 3. The molecule has 0 bridgehead atoms. The minimum Gasteiger partial charge on any atom is -0.477 e. The molecule has 1 aliphatic carbocycles. The summed E-state index contributed by atoms with van der Waals surface area (Å²) in [7, 11) is 0. The summed E-state index contributed by atoms with van der Waals surface area (Å²) in [5.74, 6) is -1.60. The van der Waals surface area contributed by atoms with E-state index < -0.39 is 24.0 Å². The summed E-state index contributed by atoms with van der Waals surface area (Å²) >= 11 is 0. The summed E-state index contributed by atoms with van der Waals surface area (Å²) in [6.45, 7) is 1.69. The lowest BCUT2D eigenvalue weighted by Crippen LogP contribution is -2.34. The first-order valence-electron chi connectivity index (χ1n) is 8.11. The van der Waals surface area contributed by atoms with E-state index in [4.69, 9.17) is 5.11 Å². The third kappa shape index (κ3) is 2.60. The van der Waals surface area contributed by atoms with Crippen molar-refractivity contribution in [3.05, 3.63) is 64.6 Å². The number of nitrogens with one attached hydrogen (secondary N) is 1. The maximum Gasteiger partial charge on any atom is 0.354 e. The number of hydrogen-bond acceptors (Lipinski definition) is 5. The number of aromatic carboxylic acids is 1. The molecule has 3 N–H and O–H groups in total. The van der Waals surface area contributed by atoms with Crippen molar-refractivity contribution in [2.24, 2.45) is 0 Å². The van der Waals surface area contributed by atoms with Crippen LogP contribution in [0.5, 0.6) is 0 Å². The number of carbonyl (C=O) groups is 2. The van der Waals surface area contributed by atoms with Crippen LogP contribution in [0.4, 0.5) is 0 Å². The number of carbonyl (C=O) groups excluding carboxylic acids is 1. The molecular formula is C18H16N4O4. The van der Waals surface area contributed by atoms with Gasteiger partial charge < -0.3 is 15.5 Å². The van der Waals surface area contributed by atoms with E-state index in [1.54, 1.807) is 6.92 Å². The van der Waals surface area contributed by atoms with Gasteiger partial charge in [-0.25, -0.2) is 14.3 Å². The molecule has 8 heteroatoms. The van der Waals surface area contributed by atoms with Crippen molar-refractivity contribution >= 4 is 17.5 Å². The third-order valence-electron chi connectivity index (χ3n) is 4.55. The van der Waals surface area contributed by atoms with Crippen LogP contribution in [0.15, 0.2) is 36.4 Å². The highest BCUT2D eigenvalue weighted by Crippen LogP contribution is 2.31. The fourth-order valence-corrected chi connectivity index (χ4v) is 3.31. The van der Waals surface area contributed by atoms with Gasteiger partial charge in [0.2, 0.25) is 0 Å². The number of aromatic nitrogens is 3. The molecule has 0 saturated heterocycles. The molecule has 0 radical (unpaired) electrons. The molecule has 2 heterocycles. The second-order valence-electron chi connectivity index (χ2n) is 6.31. The fourth-order valence-electron chi connectivity index (χ4n) is 3.31. The van der Waals surface area contributed by atoms with Gasteiger partial charge in [-0.05, 0) is 24.1 Å². The molecule has 26 heavy (non-hydrogen) atoms. The monoisotopic (exact) mass is 352 g/mol. The summed E-state index contributed by atoms with van der Waals surface area (Å²) < 4.78 is 1.42. The van der Waals surface area contributed by atoms with Gasteiger partial charge in [0.25, 0.3) is 5.91 Å². The van der Waals surface area contributed by atoms with Gasteiger partial charge in [0, 0.05) is 18.2 Å². The predicted octanol–water partition coefficient (Wildman–Crippen LogP) is 1.12. The van der Waals surface area contributed by atoms with Crippen LogP contribution in [-0.4, -0.2) is 42.8 Å². The van der Waals surface area contributed by atoms with Crippen LogP contribution in [0, 0.1) is 6.92 Å². The molecule has 4 rings (SSSR count). The van der Waals surface area contributed by atoms with Crippen LogP contribution in [0.3, 0.4) is 0 Å². The average molecular weight is 352 g/mol. The van der Waals surface area contributed by atoms with Gasteiger partial charge in [-0.3, -0.25) is 4.79 Å². The fraction of sp³-hybridized carbons (Fsp3) is 0.222. The van der Waals surface area contributed by atoms with E-state index in [0.29, 0.717) is 12.1 Å². The van der Waals surface area contributed by atoms with Crippen molar-refractivity contribution in [2.45, 2.75) is 25.5 Å². The molecule has 132 valence electrons. The van der Waals surface area contributed by atoms with E-state index in [2.05, 4.69) is 15.4 Å². The summed E-state index contributed by atoms with van der Waals surface area (Å²) in [5.41, 5.74) is 2.72. The third-order valence-corrected chi connectivity index (χ3v) is 4.55. The minimum absolute atomic E-state index is 0.109. The van der Waals surface area contributed by atoms with Crippen LogP contribution in [-0.2, 0) is 6.42 Å². The highest BCUT2D eigenvalue weighted by atomic mass is 16.4. The molecule has 2 atom stereocenters. The molecule has 1 amide bonds. The van der Waals surface area contributed by atoms with Crippen molar-refractivity contribution in [1.29, 1.82) is 0 Å². The van der Waals surface area contributed by atoms with Crippen LogP contribution in [0.1, 0.15) is 43.8 Å². The van der Waals surface area contributed by atoms with Gasteiger partial charge in [0.1, 0.15) is 0 Å². The van der Waals surface area contributed by atoms with E-state index in [1.807, 2.05) is 24.3 Å². The quantitative estimate of drug-likeness (QED) is 0.650. The number of hydrogen-bond donors (Lipinski definition) is 3.